The molecule has 1 aromatic carbocycles. The summed E-state index contributed by atoms with van der Waals surface area (Å²) >= 11 is 0. The molecule has 0 saturated carbocycles. The van der Waals surface area contributed by atoms with Gasteiger partial charge in [-0.2, -0.15) is 0 Å². The molecule has 0 spiro atoms. The predicted octanol–water partition coefficient (Wildman–Crippen LogP) is 2.88. The Morgan fingerprint density at radius 2 is 1.91 bits per heavy atom. The lowest BCUT2D eigenvalue weighted by molar-refractivity contribution is -0.383. The highest BCUT2D eigenvalue weighted by atomic mass is 16.6. The van der Waals surface area contributed by atoms with Crippen LogP contribution in [-0.4, -0.2) is 72.0 Å². The van der Waals surface area contributed by atoms with Crippen LogP contribution in [0.25, 0.3) is 0 Å². The van der Waals surface area contributed by atoms with Crippen LogP contribution in [0.3, 0.4) is 0 Å². The van der Waals surface area contributed by atoms with Crippen molar-refractivity contribution >= 4 is 28.9 Å². The summed E-state index contributed by atoms with van der Waals surface area (Å²) < 4.78 is 5.19. The number of hydrogen-bond donors (Lipinski definition) is 1. The summed E-state index contributed by atoms with van der Waals surface area (Å²) in [6, 6.07) is 13.3. The zero-order valence-electron chi connectivity index (χ0n) is 19.0. The van der Waals surface area contributed by atoms with Crippen LogP contribution in [-0.2, 0) is 0 Å². The molecule has 1 amide bonds. The zero-order chi connectivity index (χ0) is 23.9. The van der Waals surface area contributed by atoms with Gasteiger partial charge in [-0.05, 0) is 30.7 Å². The van der Waals surface area contributed by atoms with Gasteiger partial charge in [0.25, 0.3) is 5.91 Å². The molecule has 3 heterocycles. The first-order valence-electron chi connectivity index (χ1n) is 11.1. The summed E-state index contributed by atoms with van der Waals surface area (Å²) in [4.78, 5) is 37.9. The van der Waals surface area contributed by atoms with Crippen molar-refractivity contribution in [2.75, 3.05) is 61.4 Å². The van der Waals surface area contributed by atoms with E-state index in [1.807, 2.05) is 42.3 Å². The predicted molar refractivity (Wildman–Crippen MR) is 128 cm³/mol. The summed E-state index contributed by atoms with van der Waals surface area (Å²) in [6.07, 6.45) is 3.57. The van der Waals surface area contributed by atoms with Crippen molar-refractivity contribution in [3.05, 3.63) is 70.9 Å². The Balaban J connectivity index is 1.36. The third-order valence-corrected chi connectivity index (χ3v) is 5.74. The number of nitrogens with zero attached hydrogens (tertiary/aromatic N) is 6. The highest BCUT2D eigenvalue weighted by molar-refractivity contribution is 5.91. The molecule has 1 aliphatic rings. The number of piperazine rings is 1. The van der Waals surface area contributed by atoms with Gasteiger partial charge < -0.3 is 24.4 Å². The fraction of sp³-hybridized carbons (Fsp3) is 0.348. The van der Waals surface area contributed by atoms with Gasteiger partial charge in [0, 0.05) is 52.0 Å². The molecule has 0 aliphatic carbocycles. The largest absolute Gasteiger partial charge is 0.459 e. The fourth-order valence-electron chi connectivity index (χ4n) is 3.91. The van der Waals surface area contributed by atoms with Gasteiger partial charge in [-0.25, -0.2) is 9.97 Å². The third kappa shape index (κ3) is 5.25. The van der Waals surface area contributed by atoms with Gasteiger partial charge in [-0.3, -0.25) is 14.9 Å². The van der Waals surface area contributed by atoms with E-state index in [2.05, 4.69) is 20.2 Å². The van der Waals surface area contributed by atoms with Crippen LogP contribution >= 0.6 is 0 Å². The maximum Gasteiger partial charge on any atom is 0.353 e. The molecule has 11 heteroatoms. The van der Waals surface area contributed by atoms with E-state index in [4.69, 9.17) is 4.42 Å². The number of nitro groups is 1. The molecule has 34 heavy (non-hydrogen) atoms. The fourth-order valence-corrected chi connectivity index (χ4v) is 3.91. The number of hydrogen-bond acceptors (Lipinski definition) is 9. The lowest BCUT2D eigenvalue weighted by Crippen LogP contribution is -2.49. The van der Waals surface area contributed by atoms with E-state index in [9.17, 15) is 14.9 Å². The quantitative estimate of drug-likeness (QED) is 0.289. The Bertz CT molecular complexity index is 1100. The van der Waals surface area contributed by atoms with Crippen LogP contribution in [0, 0.1) is 10.1 Å². The Labute approximate surface area is 197 Å². The van der Waals surface area contributed by atoms with Crippen molar-refractivity contribution in [3.63, 3.8) is 0 Å². The summed E-state index contributed by atoms with van der Waals surface area (Å²) in [5, 5.41) is 15.0. The number of carbonyl (C=O) groups is 1. The normalized spacial score (nSPS) is 13.6. The monoisotopic (exact) mass is 465 g/mol. The molecule has 1 saturated heterocycles. The molecule has 0 atom stereocenters. The smallest absolute Gasteiger partial charge is 0.353 e. The van der Waals surface area contributed by atoms with Crippen LogP contribution in [0.15, 0.2) is 59.5 Å². The van der Waals surface area contributed by atoms with Gasteiger partial charge in [0.1, 0.15) is 6.33 Å². The summed E-state index contributed by atoms with van der Waals surface area (Å²) in [6.45, 7) is 2.98. The van der Waals surface area contributed by atoms with Crippen molar-refractivity contribution in [1.29, 1.82) is 0 Å². The molecule has 178 valence electrons. The molecule has 2 aromatic heterocycles. The maximum atomic E-state index is 12.5. The molecule has 0 unspecified atom stereocenters. The second kappa shape index (κ2) is 10.6. The first kappa shape index (κ1) is 23.0. The van der Waals surface area contributed by atoms with Gasteiger partial charge in [0.05, 0.1) is 11.2 Å². The van der Waals surface area contributed by atoms with Gasteiger partial charge in [0.2, 0.25) is 11.6 Å². The highest BCUT2D eigenvalue weighted by Crippen LogP contribution is 2.32. The molecule has 1 fully saturated rings. The van der Waals surface area contributed by atoms with Crippen molar-refractivity contribution in [1.82, 2.24) is 14.9 Å². The summed E-state index contributed by atoms with van der Waals surface area (Å²) in [5.74, 6) is 0.552. The average Bonchev–Trinajstić information content (AvgIpc) is 3.41. The lowest BCUT2D eigenvalue weighted by Gasteiger charge is -2.34. The number of carbonyl (C=O) groups excluding carboxylic acids is 1. The first-order valence-corrected chi connectivity index (χ1v) is 11.1. The Hall–Kier alpha value is -4.15. The Morgan fingerprint density at radius 3 is 2.59 bits per heavy atom. The van der Waals surface area contributed by atoms with E-state index >= 15 is 0 Å². The van der Waals surface area contributed by atoms with E-state index in [0.717, 1.165) is 18.7 Å². The molecule has 0 radical (unpaired) electrons. The molecule has 3 aromatic rings. The van der Waals surface area contributed by atoms with E-state index in [1.165, 1.54) is 12.6 Å². The second-order valence-corrected chi connectivity index (χ2v) is 7.95. The van der Waals surface area contributed by atoms with Crippen LogP contribution in [0.1, 0.15) is 17.0 Å². The first-order chi connectivity index (χ1) is 16.5. The van der Waals surface area contributed by atoms with Gasteiger partial charge >= 0.3 is 5.69 Å². The topological polar surface area (TPSA) is 121 Å². The molecule has 1 aliphatic heterocycles. The van der Waals surface area contributed by atoms with Crippen LogP contribution in [0.2, 0.25) is 0 Å². The minimum Gasteiger partial charge on any atom is -0.459 e. The summed E-state index contributed by atoms with van der Waals surface area (Å²) in [5.41, 5.74) is 0.965. The molecule has 4 rings (SSSR count). The van der Waals surface area contributed by atoms with E-state index in [-0.39, 0.29) is 29.0 Å². The standard InChI is InChI=1S/C23H27N7O4/c1-27(18-7-3-2-4-8-18)11-6-10-24-21-20(30(32)33)22(26-17-25-21)28-12-14-29(15-13-28)23(31)19-9-5-16-34-19/h2-5,7-9,16-17H,6,10-15H2,1H3,(H,24,25,26). The molecule has 1 N–H and O–H groups in total. The second-order valence-electron chi connectivity index (χ2n) is 7.95. The van der Waals surface area contributed by atoms with Crippen LogP contribution in [0.5, 0.6) is 0 Å². The van der Waals surface area contributed by atoms with E-state index < -0.39 is 4.92 Å². The Morgan fingerprint density at radius 1 is 1.15 bits per heavy atom. The maximum absolute atomic E-state index is 12.5. The van der Waals surface area contributed by atoms with E-state index in [0.29, 0.717) is 32.7 Å². The average molecular weight is 466 g/mol. The minimum absolute atomic E-state index is 0.148. The summed E-state index contributed by atoms with van der Waals surface area (Å²) in [7, 11) is 2.01. The molecular formula is C23H27N7O4. The van der Waals surface area contributed by atoms with Gasteiger partial charge in [-0.1, -0.05) is 18.2 Å². The molecule has 11 nitrogen and oxygen atoms in total. The molecular weight excluding hydrogens is 438 g/mol. The van der Waals surface area contributed by atoms with E-state index in [1.54, 1.807) is 17.0 Å². The number of nitrogens with one attached hydrogen (secondary N) is 1. The van der Waals surface area contributed by atoms with Crippen molar-refractivity contribution < 1.29 is 14.1 Å². The number of aromatic nitrogens is 2. The number of anilines is 3. The number of benzene rings is 1. The van der Waals surface area contributed by atoms with Crippen molar-refractivity contribution in [3.8, 4) is 0 Å². The van der Waals surface area contributed by atoms with Gasteiger partial charge in [0.15, 0.2) is 5.76 Å². The third-order valence-electron chi connectivity index (χ3n) is 5.74. The number of rotatable bonds is 9. The number of amides is 1. The number of para-hydroxylation sites is 1. The SMILES string of the molecule is CN(CCCNc1ncnc(N2CCN(C(=O)c3ccco3)CC2)c1[N+](=O)[O-])c1ccccc1. The zero-order valence-corrected chi connectivity index (χ0v) is 19.0. The lowest BCUT2D eigenvalue weighted by atomic mass is 10.2. The van der Waals surface area contributed by atoms with Crippen molar-refractivity contribution in [2.45, 2.75) is 6.42 Å². The Kier molecular flexibility index (Phi) is 7.21. The van der Waals surface area contributed by atoms with Crippen LogP contribution < -0.4 is 15.1 Å². The van der Waals surface area contributed by atoms with Crippen molar-refractivity contribution in [2.24, 2.45) is 0 Å². The van der Waals surface area contributed by atoms with Gasteiger partial charge in [-0.15, -0.1) is 0 Å². The van der Waals surface area contributed by atoms with Crippen LogP contribution in [0.4, 0.5) is 23.0 Å². The number of furan rings is 1. The molecule has 0 bridgehead atoms. The minimum atomic E-state index is -0.450. The highest BCUT2D eigenvalue weighted by Gasteiger charge is 2.31.